The summed E-state index contributed by atoms with van der Waals surface area (Å²) < 4.78 is 26.6. The normalized spacial score (nSPS) is 11.4. The molecule has 0 fully saturated rings. The van der Waals surface area contributed by atoms with E-state index in [4.69, 9.17) is 46.4 Å². The molecule has 0 aliphatic rings. The summed E-state index contributed by atoms with van der Waals surface area (Å²) in [7, 11) is -4.04. The van der Waals surface area contributed by atoms with E-state index >= 15 is 0 Å². The third-order valence-electron chi connectivity index (χ3n) is 2.08. The molecule has 20 heavy (non-hydrogen) atoms. The molecule has 1 aromatic carbocycles. The molecule has 0 atom stereocenters. The van der Waals surface area contributed by atoms with E-state index in [0.717, 1.165) is 0 Å². The fraction of sp³-hybridized carbons (Fsp3) is 0. The number of hydrogen-bond acceptors (Lipinski definition) is 4. The lowest BCUT2D eigenvalue weighted by Gasteiger charge is -2.10. The molecule has 1 heterocycles. The van der Waals surface area contributed by atoms with Crippen LogP contribution in [0, 0.1) is 0 Å². The minimum Gasteiger partial charge on any atom is -0.262 e. The summed E-state index contributed by atoms with van der Waals surface area (Å²) in [5, 5.41) is 0.0509. The van der Waals surface area contributed by atoms with Crippen LogP contribution < -0.4 is 4.72 Å². The van der Waals surface area contributed by atoms with Crippen molar-refractivity contribution in [3.63, 3.8) is 0 Å². The van der Waals surface area contributed by atoms with Crippen LogP contribution in [0.3, 0.4) is 0 Å². The third kappa shape index (κ3) is 3.45. The molecule has 5 nitrogen and oxygen atoms in total. The minimum atomic E-state index is -4.04. The zero-order valence-electron chi connectivity index (χ0n) is 9.44. The summed E-state index contributed by atoms with van der Waals surface area (Å²) in [5.74, 6) is -0.0559. The van der Waals surface area contributed by atoms with Crippen LogP contribution in [0.15, 0.2) is 29.4 Å². The van der Waals surface area contributed by atoms with Gasteiger partial charge in [0.15, 0.2) is 5.82 Å². The number of halogens is 4. The number of nitrogens with zero attached hydrogens (tertiary/aromatic N) is 2. The van der Waals surface area contributed by atoms with Gasteiger partial charge in [0.1, 0.15) is 10.0 Å². The predicted octanol–water partition coefficient (Wildman–Crippen LogP) is 3.89. The highest BCUT2D eigenvalue weighted by molar-refractivity contribution is 7.93. The van der Waals surface area contributed by atoms with Crippen molar-refractivity contribution < 1.29 is 8.42 Å². The highest BCUT2D eigenvalue weighted by Crippen LogP contribution is 2.33. The van der Waals surface area contributed by atoms with Crippen molar-refractivity contribution in [3.8, 4) is 0 Å². The molecule has 0 aliphatic heterocycles. The maximum atomic E-state index is 12.2. The van der Waals surface area contributed by atoms with Gasteiger partial charge in [-0.15, -0.1) is 0 Å². The number of anilines is 1. The molecule has 106 valence electrons. The second-order valence-electron chi connectivity index (χ2n) is 3.53. The lowest BCUT2D eigenvalue weighted by atomic mass is 10.4. The highest BCUT2D eigenvalue weighted by Gasteiger charge is 2.23. The molecule has 1 aromatic heterocycles. The lowest BCUT2D eigenvalue weighted by Crippen LogP contribution is -2.15. The summed E-state index contributed by atoms with van der Waals surface area (Å²) in [4.78, 5) is 7.17. The number of hydrogen-bond donors (Lipinski definition) is 1. The Hall–Kier alpha value is -0.790. The Bertz CT molecular complexity index is 744. The van der Waals surface area contributed by atoms with Crippen LogP contribution in [-0.4, -0.2) is 18.4 Å². The molecule has 1 N–H and O–H groups in total. The standard InChI is InChI=1S/C10H5Cl4N3O2S/c11-5-1-6(12)10(7(13)2-5)20(18,19)17-9-4-15-3-8(14)16-9/h1-4H,(H,16,17). The van der Waals surface area contributed by atoms with Crippen LogP contribution >= 0.6 is 46.4 Å². The van der Waals surface area contributed by atoms with E-state index in [9.17, 15) is 8.42 Å². The Balaban J connectivity index is 2.46. The average Bonchev–Trinajstić information content (AvgIpc) is 2.25. The number of sulfonamides is 1. The van der Waals surface area contributed by atoms with Crippen LogP contribution in [0.5, 0.6) is 0 Å². The molecule has 10 heteroatoms. The fourth-order valence-corrected chi connectivity index (χ4v) is 4.05. The molecule has 2 aromatic rings. The van der Waals surface area contributed by atoms with Gasteiger partial charge in [0.2, 0.25) is 0 Å². The van der Waals surface area contributed by atoms with E-state index in [-0.39, 0.29) is 30.9 Å². The number of rotatable bonds is 3. The van der Waals surface area contributed by atoms with E-state index in [1.807, 2.05) is 0 Å². The van der Waals surface area contributed by atoms with Gasteiger partial charge in [-0.05, 0) is 12.1 Å². The molecule has 0 spiro atoms. The van der Waals surface area contributed by atoms with Gasteiger partial charge >= 0.3 is 0 Å². The number of aromatic nitrogens is 2. The predicted molar refractivity (Wildman–Crippen MR) is 79.3 cm³/mol. The molecule has 0 radical (unpaired) electrons. The molecule has 0 saturated heterocycles. The molecular weight excluding hydrogens is 368 g/mol. The Morgan fingerprint density at radius 3 is 2.15 bits per heavy atom. The van der Waals surface area contributed by atoms with Crippen LogP contribution in [0.25, 0.3) is 0 Å². The Kier molecular flexibility index (Phi) is 4.61. The first-order valence-electron chi connectivity index (χ1n) is 4.94. The summed E-state index contributed by atoms with van der Waals surface area (Å²) in [6.45, 7) is 0. The van der Waals surface area contributed by atoms with Gasteiger partial charge in [0, 0.05) is 5.02 Å². The first-order chi connectivity index (χ1) is 9.29. The average molecular weight is 373 g/mol. The van der Waals surface area contributed by atoms with Crippen LogP contribution in [-0.2, 0) is 10.0 Å². The van der Waals surface area contributed by atoms with Gasteiger partial charge in [-0.3, -0.25) is 9.71 Å². The minimum absolute atomic E-state index is 0.0403. The van der Waals surface area contributed by atoms with Gasteiger partial charge in [-0.2, -0.15) is 0 Å². The van der Waals surface area contributed by atoms with Gasteiger partial charge in [0.25, 0.3) is 10.0 Å². The quantitative estimate of drug-likeness (QED) is 0.886. The van der Waals surface area contributed by atoms with Crippen molar-refractivity contribution in [2.24, 2.45) is 0 Å². The SMILES string of the molecule is O=S(=O)(Nc1cncc(Cl)n1)c1c(Cl)cc(Cl)cc1Cl. The smallest absolute Gasteiger partial charge is 0.262 e. The van der Waals surface area contributed by atoms with Crippen LogP contribution in [0.4, 0.5) is 5.82 Å². The zero-order chi connectivity index (χ0) is 14.9. The highest BCUT2D eigenvalue weighted by atomic mass is 35.5. The van der Waals surface area contributed by atoms with E-state index in [1.165, 1.54) is 24.5 Å². The monoisotopic (exact) mass is 371 g/mol. The maximum absolute atomic E-state index is 12.2. The van der Waals surface area contributed by atoms with Gasteiger partial charge in [0.05, 0.1) is 22.4 Å². The lowest BCUT2D eigenvalue weighted by molar-refractivity contribution is 0.601. The van der Waals surface area contributed by atoms with Crippen molar-refractivity contribution in [2.75, 3.05) is 4.72 Å². The van der Waals surface area contributed by atoms with Crippen molar-refractivity contribution >= 4 is 62.2 Å². The largest absolute Gasteiger partial charge is 0.266 e. The molecule has 0 aliphatic carbocycles. The second kappa shape index (κ2) is 5.91. The Morgan fingerprint density at radius 2 is 1.60 bits per heavy atom. The van der Waals surface area contributed by atoms with Gasteiger partial charge in [-0.1, -0.05) is 46.4 Å². The van der Waals surface area contributed by atoms with Crippen molar-refractivity contribution in [3.05, 3.63) is 44.7 Å². The number of benzene rings is 1. The molecule has 0 bridgehead atoms. The Morgan fingerprint density at radius 1 is 1.00 bits per heavy atom. The molecule has 0 amide bonds. The summed E-state index contributed by atoms with van der Waals surface area (Å²) in [5.41, 5.74) is 0. The maximum Gasteiger partial charge on any atom is 0.266 e. The molecule has 0 unspecified atom stereocenters. The van der Waals surface area contributed by atoms with E-state index in [1.54, 1.807) is 0 Å². The van der Waals surface area contributed by atoms with Gasteiger partial charge in [-0.25, -0.2) is 13.4 Å². The van der Waals surface area contributed by atoms with Crippen LogP contribution in [0.1, 0.15) is 0 Å². The topological polar surface area (TPSA) is 72.0 Å². The first kappa shape index (κ1) is 15.6. The van der Waals surface area contributed by atoms with Crippen molar-refractivity contribution in [2.45, 2.75) is 4.90 Å². The van der Waals surface area contributed by atoms with E-state index in [2.05, 4.69) is 14.7 Å². The Labute approximate surface area is 134 Å². The first-order valence-corrected chi connectivity index (χ1v) is 7.94. The van der Waals surface area contributed by atoms with E-state index < -0.39 is 10.0 Å². The zero-order valence-corrected chi connectivity index (χ0v) is 13.3. The molecule has 0 saturated carbocycles. The summed E-state index contributed by atoms with van der Waals surface area (Å²) in [6.07, 6.45) is 2.46. The number of nitrogens with one attached hydrogen (secondary N) is 1. The van der Waals surface area contributed by atoms with Crippen molar-refractivity contribution in [1.29, 1.82) is 0 Å². The second-order valence-corrected chi connectivity index (χ2v) is 6.79. The van der Waals surface area contributed by atoms with Crippen molar-refractivity contribution in [1.82, 2.24) is 9.97 Å². The summed E-state index contributed by atoms with van der Waals surface area (Å²) in [6, 6.07) is 2.54. The molecular formula is C10H5Cl4N3O2S. The van der Waals surface area contributed by atoms with Crippen LogP contribution in [0.2, 0.25) is 20.2 Å². The summed E-state index contributed by atoms with van der Waals surface area (Å²) >= 11 is 23.1. The molecule has 2 rings (SSSR count). The van der Waals surface area contributed by atoms with E-state index in [0.29, 0.717) is 0 Å². The third-order valence-corrected chi connectivity index (χ3v) is 4.75. The fourth-order valence-electron chi connectivity index (χ4n) is 1.37. The van der Waals surface area contributed by atoms with Gasteiger partial charge < -0.3 is 0 Å².